The third-order valence-electron chi connectivity index (χ3n) is 3.89. The number of carbonyl (C=O) groups is 1. The van der Waals surface area contributed by atoms with Crippen molar-refractivity contribution in [3.8, 4) is 0 Å². The Labute approximate surface area is 166 Å². The molecule has 28 heavy (non-hydrogen) atoms. The number of aryl methyl sites for hydroxylation is 1. The van der Waals surface area contributed by atoms with Gasteiger partial charge in [0.2, 0.25) is 10.0 Å². The summed E-state index contributed by atoms with van der Waals surface area (Å²) in [6.45, 7) is 6.85. The van der Waals surface area contributed by atoms with Crippen LogP contribution < -0.4 is 10.0 Å². The van der Waals surface area contributed by atoms with E-state index in [0.29, 0.717) is 10.8 Å². The van der Waals surface area contributed by atoms with Crippen LogP contribution in [-0.4, -0.2) is 30.4 Å². The number of rotatable bonds is 6. The van der Waals surface area contributed by atoms with E-state index in [1.165, 1.54) is 23.5 Å². The van der Waals surface area contributed by atoms with E-state index in [2.05, 4.69) is 29.0 Å². The van der Waals surface area contributed by atoms with Crippen LogP contribution in [0.25, 0.3) is 10.2 Å². The van der Waals surface area contributed by atoms with Crippen molar-refractivity contribution in [1.82, 2.24) is 9.78 Å². The molecule has 0 aliphatic heterocycles. The maximum Gasteiger partial charge on any atom is 0.265 e. The second kappa shape index (κ2) is 7.51. The van der Waals surface area contributed by atoms with E-state index in [0.717, 1.165) is 34.8 Å². The summed E-state index contributed by atoms with van der Waals surface area (Å²) >= 11 is 1.33. The number of nitrogens with one attached hydrogen (secondary N) is 2. The number of anilines is 2. The Kier molecular flexibility index (Phi) is 5.44. The van der Waals surface area contributed by atoms with Crippen molar-refractivity contribution >= 4 is 48.9 Å². The Balaban J connectivity index is 1.86. The molecule has 0 spiro atoms. The molecule has 0 aliphatic carbocycles. The second-order valence-electron chi connectivity index (χ2n) is 7.01. The SMILES string of the molecule is Cc1nn(CC(C)C)c2sc(C(=O)Nc3ccc(F)c(NS(C)(=O)=O)c3)cc12. The van der Waals surface area contributed by atoms with Crippen molar-refractivity contribution in [2.75, 3.05) is 16.3 Å². The highest BCUT2D eigenvalue weighted by atomic mass is 32.2. The zero-order valence-corrected chi connectivity index (χ0v) is 17.5. The standard InChI is InChI=1S/C18H21FN4O3S2/c1-10(2)9-23-18-13(11(3)21-23)8-16(27-18)17(24)20-12-5-6-14(19)15(7-12)22-28(4,25)26/h5-8,10,22H,9H2,1-4H3,(H,20,24). The summed E-state index contributed by atoms with van der Waals surface area (Å²) in [6, 6.07) is 5.50. The molecule has 150 valence electrons. The van der Waals surface area contributed by atoms with Crippen molar-refractivity contribution < 1.29 is 17.6 Å². The van der Waals surface area contributed by atoms with Crippen LogP contribution in [0.3, 0.4) is 0 Å². The number of aromatic nitrogens is 2. The van der Waals surface area contributed by atoms with E-state index in [-0.39, 0.29) is 17.3 Å². The molecule has 0 bridgehead atoms. The number of hydrogen-bond acceptors (Lipinski definition) is 5. The molecule has 2 N–H and O–H groups in total. The zero-order valence-electron chi connectivity index (χ0n) is 15.9. The molecule has 0 saturated heterocycles. The number of fused-ring (bicyclic) bond motifs is 1. The maximum absolute atomic E-state index is 13.8. The van der Waals surface area contributed by atoms with Gasteiger partial charge in [-0.15, -0.1) is 11.3 Å². The monoisotopic (exact) mass is 424 g/mol. The average Bonchev–Trinajstić information content (AvgIpc) is 3.11. The third kappa shape index (κ3) is 4.50. The minimum absolute atomic E-state index is 0.222. The fraction of sp³-hybridized carbons (Fsp3) is 0.333. The first-order valence-corrected chi connectivity index (χ1v) is 11.3. The molecule has 10 heteroatoms. The van der Waals surface area contributed by atoms with Gasteiger partial charge in [-0.2, -0.15) is 5.10 Å². The van der Waals surface area contributed by atoms with Gasteiger partial charge >= 0.3 is 0 Å². The first kappa shape index (κ1) is 20.3. The number of amides is 1. The molecule has 0 saturated carbocycles. The van der Waals surface area contributed by atoms with Crippen LogP contribution in [0.15, 0.2) is 24.3 Å². The highest BCUT2D eigenvalue weighted by molar-refractivity contribution is 7.92. The van der Waals surface area contributed by atoms with E-state index >= 15 is 0 Å². The van der Waals surface area contributed by atoms with Gasteiger partial charge in [-0.1, -0.05) is 13.8 Å². The van der Waals surface area contributed by atoms with Gasteiger partial charge < -0.3 is 5.32 Å². The molecule has 0 radical (unpaired) electrons. The van der Waals surface area contributed by atoms with Gasteiger partial charge in [0.1, 0.15) is 10.6 Å². The van der Waals surface area contributed by atoms with Gasteiger partial charge in [-0.3, -0.25) is 14.2 Å². The molecular weight excluding hydrogens is 403 g/mol. The van der Waals surface area contributed by atoms with Gasteiger partial charge in [0, 0.05) is 17.6 Å². The van der Waals surface area contributed by atoms with Crippen LogP contribution in [0.1, 0.15) is 29.2 Å². The normalized spacial score (nSPS) is 11.9. The van der Waals surface area contributed by atoms with Crippen LogP contribution >= 0.6 is 11.3 Å². The van der Waals surface area contributed by atoms with Gasteiger partial charge in [-0.05, 0) is 37.1 Å². The first-order valence-electron chi connectivity index (χ1n) is 8.59. The van der Waals surface area contributed by atoms with Crippen molar-refractivity contribution in [1.29, 1.82) is 0 Å². The lowest BCUT2D eigenvalue weighted by molar-refractivity contribution is 0.103. The first-order chi connectivity index (χ1) is 13.0. The number of carbonyl (C=O) groups excluding carboxylic acids is 1. The van der Waals surface area contributed by atoms with Crippen molar-refractivity contribution in [3.63, 3.8) is 0 Å². The summed E-state index contributed by atoms with van der Waals surface area (Å²) in [5.74, 6) is -0.662. The van der Waals surface area contributed by atoms with Crippen molar-refractivity contribution in [3.05, 3.63) is 40.7 Å². The summed E-state index contributed by atoms with van der Waals surface area (Å²) in [5, 5.41) is 8.13. The topological polar surface area (TPSA) is 93.1 Å². The lowest BCUT2D eigenvalue weighted by atomic mass is 10.2. The van der Waals surface area contributed by atoms with Crippen molar-refractivity contribution in [2.24, 2.45) is 5.92 Å². The van der Waals surface area contributed by atoms with Gasteiger partial charge in [0.25, 0.3) is 5.91 Å². The molecule has 2 heterocycles. The zero-order chi connectivity index (χ0) is 20.6. The molecule has 3 aromatic rings. The predicted octanol–water partition coefficient (Wildman–Crippen LogP) is 3.83. The van der Waals surface area contributed by atoms with Crippen LogP contribution in [0.2, 0.25) is 0 Å². The fourth-order valence-corrected chi connectivity index (χ4v) is 4.39. The molecule has 0 atom stereocenters. The Hall–Kier alpha value is -2.46. The average molecular weight is 425 g/mol. The van der Waals surface area contributed by atoms with Crippen LogP contribution in [0.4, 0.5) is 15.8 Å². The smallest absolute Gasteiger partial charge is 0.265 e. The van der Waals surface area contributed by atoms with E-state index in [1.54, 1.807) is 6.07 Å². The predicted molar refractivity (Wildman–Crippen MR) is 110 cm³/mol. The van der Waals surface area contributed by atoms with Crippen LogP contribution in [0.5, 0.6) is 0 Å². The van der Waals surface area contributed by atoms with Gasteiger partial charge in [0.15, 0.2) is 0 Å². The summed E-state index contributed by atoms with van der Waals surface area (Å²) < 4.78 is 40.5. The maximum atomic E-state index is 13.8. The fourth-order valence-electron chi connectivity index (χ4n) is 2.77. The second-order valence-corrected chi connectivity index (χ2v) is 9.79. The Morgan fingerprint density at radius 2 is 2.04 bits per heavy atom. The van der Waals surface area contributed by atoms with Gasteiger partial charge in [-0.25, -0.2) is 12.8 Å². The Morgan fingerprint density at radius 3 is 2.68 bits per heavy atom. The molecule has 0 fully saturated rings. The third-order valence-corrected chi connectivity index (χ3v) is 5.63. The number of benzene rings is 1. The Bertz CT molecular complexity index is 1150. The summed E-state index contributed by atoms with van der Waals surface area (Å²) in [5.41, 5.74) is 0.919. The number of halogens is 1. The molecule has 3 rings (SSSR count). The van der Waals surface area contributed by atoms with E-state index < -0.39 is 15.8 Å². The summed E-state index contributed by atoms with van der Waals surface area (Å²) in [7, 11) is -3.64. The molecule has 1 amide bonds. The van der Waals surface area contributed by atoms with Crippen LogP contribution in [0, 0.1) is 18.7 Å². The molecule has 7 nitrogen and oxygen atoms in total. The molecular formula is C18H21FN4O3S2. The highest BCUT2D eigenvalue weighted by Crippen LogP contribution is 2.30. The minimum atomic E-state index is -3.64. The summed E-state index contributed by atoms with van der Waals surface area (Å²) in [4.78, 5) is 14.1. The Morgan fingerprint density at radius 1 is 1.32 bits per heavy atom. The minimum Gasteiger partial charge on any atom is -0.321 e. The lowest BCUT2D eigenvalue weighted by Gasteiger charge is -2.09. The van der Waals surface area contributed by atoms with Crippen molar-refractivity contribution in [2.45, 2.75) is 27.3 Å². The van der Waals surface area contributed by atoms with E-state index in [4.69, 9.17) is 0 Å². The molecule has 0 unspecified atom stereocenters. The quantitative estimate of drug-likeness (QED) is 0.629. The van der Waals surface area contributed by atoms with Crippen LogP contribution in [-0.2, 0) is 16.6 Å². The van der Waals surface area contributed by atoms with Gasteiger partial charge in [0.05, 0.1) is 22.5 Å². The van der Waals surface area contributed by atoms with E-state index in [9.17, 15) is 17.6 Å². The largest absolute Gasteiger partial charge is 0.321 e. The van der Waals surface area contributed by atoms with E-state index in [1.807, 2.05) is 11.6 Å². The summed E-state index contributed by atoms with van der Waals surface area (Å²) in [6.07, 6.45) is 0.928. The number of thiophene rings is 1. The molecule has 2 aromatic heterocycles. The lowest BCUT2D eigenvalue weighted by Crippen LogP contribution is -2.13. The number of hydrogen-bond donors (Lipinski definition) is 2. The molecule has 1 aromatic carbocycles. The number of sulfonamides is 1. The molecule has 0 aliphatic rings. The number of nitrogens with zero attached hydrogens (tertiary/aromatic N) is 2. The highest BCUT2D eigenvalue weighted by Gasteiger charge is 2.17.